The lowest BCUT2D eigenvalue weighted by molar-refractivity contribution is -0.142. The van der Waals surface area contributed by atoms with Gasteiger partial charge >= 0.3 is 5.97 Å². The van der Waals surface area contributed by atoms with Crippen molar-refractivity contribution in [3.63, 3.8) is 0 Å². The summed E-state index contributed by atoms with van der Waals surface area (Å²) in [5.74, 6) is -3.92. The molecule has 0 saturated heterocycles. The van der Waals surface area contributed by atoms with E-state index in [0.717, 1.165) is 22.8 Å². The zero-order valence-corrected chi connectivity index (χ0v) is 13.6. The van der Waals surface area contributed by atoms with E-state index in [9.17, 15) is 28.0 Å². The van der Waals surface area contributed by atoms with Crippen LogP contribution < -0.4 is 0 Å². The minimum atomic E-state index is -1.76. The number of carbonyl (C=O) groups excluding carboxylic acids is 1. The molecule has 0 saturated carbocycles. The Morgan fingerprint density at radius 1 is 1.25 bits per heavy atom. The van der Waals surface area contributed by atoms with Crippen LogP contribution in [-0.2, 0) is 20.3 Å². The Hall–Kier alpha value is -2.42. The number of esters is 1. The van der Waals surface area contributed by atoms with Crippen LogP contribution in [0.15, 0.2) is 24.3 Å². The van der Waals surface area contributed by atoms with Crippen LogP contribution in [0, 0.1) is 11.6 Å². The topological polar surface area (TPSA) is 88.8 Å². The first-order valence-electron chi connectivity index (χ1n) is 6.85. The predicted molar refractivity (Wildman–Crippen MR) is 82.5 cm³/mol. The van der Waals surface area contributed by atoms with E-state index >= 15 is 0 Å². The molecule has 0 aliphatic carbocycles. The minimum Gasteiger partial charge on any atom is -0.494 e. The highest BCUT2D eigenvalue weighted by Gasteiger charge is 2.32. The van der Waals surface area contributed by atoms with Gasteiger partial charge in [0, 0.05) is 34.8 Å². The van der Waals surface area contributed by atoms with Crippen molar-refractivity contribution in [1.82, 2.24) is 4.57 Å². The Kier molecular flexibility index (Phi) is 5.23. The van der Waals surface area contributed by atoms with E-state index in [-0.39, 0.29) is 17.9 Å². The molecule has 2 atom stereocenters. The number of ether oxygens (including phenoxy) is 1. The molecule has 1 heterocycles. The molecule has 1 aromatic carbocycles. The maximum absolute atomic E-state index is 13.4. The largest absolute Gasteiger partial charge is 0.494 e. The van der Waals surface area contributed by atoms with Gasteiger partial charge in [0.25, 0.3) is 0 Å². The summed E-state index contributed by atoms with van der Waals surface area (Å²) in [5, 5.41) is 18.9. The first-order chi connectivity index (χ1) is 11.3. The van der Waals surface area contributed by atoms with Gasteiger partial charge in [-0.1, -0.05) is 0 Å². The fraction of sp³-hybridized carbons (Fsp3) is 0.267. The molecule has 9 heteroatoms. The average Bonchev–Trinajstić information content (AvgIpc) is 2.73. The number of benzene rings is 1. The predicted octanol–water partition coefficient (Wildman–Crippen LogP) is 2.15. The third kappa shape index (κ3) is 3.40. The summed E-state index contributed by atoms with van der Waals surface area (Å²) in [6.07, 6.45) is 1.23. The van der Waals surface area contributed by atoms with Crippen LogP contribution in [0.2, 0.25) is 0 Å². The van der Waals surface area contributed by atoms with Crippen molar-refractivity contribution in [1.29, 1.82) is 0 Å². The van der Waals surface area contributed by atoms with Crippen LogP contribution in [-0.4, -0.2) is 37.8 Å². The van der Waals surface area contributed by atoms with Crippen molar-refractivity contribution < 1.29 is 32.7 Å². The standard InChI is InChI=1S/C15H15F2NO5S/c1-3-23-15(21)13(24(2)22)11-7-12(19)18(14(11)20)10-5-8(16)4-9(17)6-10/h4-7,13,19-20H,3H2,1-2H3. The van der Waals surface area contributed by atoms with Gasteiger partial charge in [0.2, 0.25) is 5.88 Å². The summed E-state index contributed by atoms with van der Waals surface area (Å²) < 4.78 is 44.1. The zero-order chi connectivity index (χ0) is 18.0. The van der Waals surface area contributed by atoms with Gasteiger partial charge in [0.15, 0.2) is 11.1 Å². The Labute approximate surface area is 138 Å². The summed E-state index contributed by atoms with van der Waals surface area (Å²) in [5.41, 5.74) is -0.366. The lowest BCUT2D eigenvalue weighted by atomic mass is 10.2. The van der Waals surface area contributed by atoms with E-state index in [1.165, 1.54) is 6.26 Å². The van der Waals surface area contributed by atoms with Gasteiger partial charge in [0.1, 0.15) is 11.6 Å². The number of halogens is 2. The third-order valence-corrected chi connectivity index (χ3v) is 4.31. The molecule has 0 spiro atoms. The first-order valence-corrected chi connectivity index (χ1v) is 8.47. The molecule has 2 rings (SSSR count). The summed E-state index contributed by atoms with van der Waals surface area (Å²) in [6, 6.07) is 3.40. The molecular weight excluding hydrogens is 344 g/mol. The van der Waals surface area contributed by atoms with Crippen LogP contribution in [0.25, 0.3) is 5.69 Å². The molecule has 0 amide bonds. The third-order valence-electron chi connectivity index (χ3n) is 3.20. The van der Waals surface area contributed by atoms with E-state index in [0.29, 0.717) is 6.07 Å². The minimum absolute atomic E-state index is 0.0368. The number of hydrogen-bond acceptors (Lipinski definition) is 5. The number of carbonyl (C=O) groups is 1. The van der Waals surface area contributed by atoms with Crippen LogP contribution in [0.1, 0.15) is 17.7 Å². The van der Waals surface area contributed by atoms with Crippen molar-refractivity contribution >= 4 is 16.8 Å². The molecule has 0 aliphatic heterocycles. The van der Waals surface area contributed by atoms with Gasteiger partial charge in [-0.25, -0.2) is 8.78 Å². The van der Waals surface area contributed by atoms with Crippen molar-refractivity contribution in [2.24, 2.45) is 0 Å². The molecule has 0 fully saturated rings. The van der Waals surface area contributed by atoms with E-state index < -0.39 is 45.4 Å². The van der Waals surface area contributed by atoms with E-state index in [4.69, 9.17) is 4.74 Å². The van der Waals surface area contributed by atoms with Gasteiger partial charge in [-0.3, -0.25) is 13.6 Å². The Bertz CT molecular complexity index is 785. The molecule has 0 radical (unpaired) electrons. The van der Waals surface area contributed by atoms with Gasteiger partial charge in [0.05, 0.1) is 12.3 Å². The molecule has 1 aromatic heterocycles. The molecule has 6 nitrogen and oxygen atoms in total. The summed E-state index contributed by atoms with van der Waals surface area (Å²) in [7, 11) is -1.76. The number of aromatic nitrogens is 1. The fourth-order valence-corrected chi connectivity index (χ4v) is 3.15. The molecule has 24 heavy (non-hydrogen) atoms. The zero-order valence-electron chi connectivity index (χ0n) is 12.8. The number of hydrogen-bond donors (Lipinski definition) is 2. The second kappa shape index (κ2) is 7.00. The lowest BCUT2D eigenvalue weighted by Gasteiger charge is -2.13. The van der Waals surface area contributed by atoms with E-state index in [2.05, 4.69) is 0 Å². The quantitative estimate of drug-likeness (QED) is 0.799. The monoisotopic (exact) mass is 359 g/mol. The highest BCUT2D eigenvalue weighted by molar-refractivity contribution is 7.85. The van der Waals surface area contributed by atoms with Gasteiger partial charge < -0.3 is 14.9 Å². The molecule has 2 unspecified atom stereocenters. The van der Waals surface area contributed by atoms with E-state index in [1.54, 1.807) is 6.92 Å². The molecule has 0 bridgehead atoms. The van der Waals surface area contributed by atoms with Gasteiger partial charge in [-0.05, 0) is 19.1 Å². The molecule has 2 aromatic rings. The van der Waals surface area contributed by atoms with Crippen LogP contribution in [0.5, 0.6) is 11.8 Å². The van der Waals surface area contributed by atoms with Crippen LogP contribution >= 0.6 is 0 Å². The second-order valence-electron chi connectivity index (χ2n) is 4.88. The Balaban J connectivity index is 2.59. The van der Waals surface area contributed by atoms with Gasteiger partial charge in [-0.15, -0.1) is 0 Å². The summed E-state index contributed by atoms with van der Waals surface area (Å²) in [6.45, 7) is 1.60. The lowest BCUT2D eigenvalue weighted by Crippen LogP contribution is -2.19. The van der Waals surface area contributed by atoms with Crippen LogP contribution in [0.4, 0.5) is 8.78 Å². The molecule has 2 N–H and O–H groups in total. The maximum atomic E-state index is 13.4. The van der Waals surface area contributed by atoms with Crippen molar-refractivity contribution in [3.8, 4) is 17.4 Å². The normalized spacial score (nSPS) is 13.5. The number of aromatic hydroxyl groups is 2. The van der Waals surface area contributed by atoms with Crippen molar-refractivity contribution in [2.75, 3.05) is 12.9 Å². The fourth-order valence-electron chi connectivity index (χ4n) is 2.28. The number of rotatable bonds is 5. The van der Waals surface area contributed by atoms with Gasteiger partial charge in [-0.2, -0.15) is 0 Å². The summed E-state index contributed by atoms with van der Waals surface area (Å²) >= 11 is 0. The Morgan fingerprint density at radius 3 is 2.33 bits per heavy atom. The average molecular weight is 359 g/mol. The van der Waals surface area contributed by atoms with E-state index in [1.807, 2.05) is 0 Å². The highest BCUT2D eigenvalue weighted by atomic mass is 32.2. The van der Waals surface area contributed by atoms with Crippen molar-refractivity contribution in [2.45, 2.75) is 12.2 Å². The first kappa shape index (κ1) is 17.9. The summed E-state index contributed by atoms with van der Waals surface area (Å²) in [4.78, 5) is 12.0. The molecule has 0 aliphatic rings. The second-order valence-corrected chi connectivity index (χ2v) is 6.34. The maximum Gasteiger partial charge on any atom is 0.326 e. The Morgan fingerprint density at radius 2 is 1.83 bits per heavy atom. The number of nitrogens with zero attached hydrogens (tertiary/aromatic N) is 1. The SMILES string of the molecule is CCOC(=O)C(c1cc(O)n(-c2cc(F)cc(F)c2)c1O)S(C)=O. The highest BCUT2D eigenvalue weighted by Crippen LogP contribution is 2.38. The molecular formula is C15H15F2NO5S. The van der Waals surface area contributed by atoms with Crippen molar-refractivity contribution in [3.05, 3.63) is 41.5 Å². The van der Waals surface area contributed by atoms with Crippen LogP contribution in [0.3, 0.4) is 0 Å². The molecule has 130 valence electrons. The smallest absolute Gasteiger partial charge is 0.326 e.